The summed E-state index contributed by atoms with van der Waals surface area (Å²) in [5.41, 5.74) is 4.29. The summed E-state index contributed by atoms with van der Waals surface area (Å²) in [5, 5.41) is 18.5. The number of carbonyl (C=O) groups is 2. The zero-order chi connectivity index (χ0) is 25.9. The van der Waals surface area contributed by atoms with E-state index >= 15 is 0 Å². The third kappa shape index (κ3) is 5.32. The van der Waals surface area contributed by atoms with Crippen LogP contribution in [0.4, 0.5) is 0 Å². The van der Waals surface area contributed by atoms with E-state index in [9.17, 15) is 19.8 Å². The molecule has 9 heteroatoms. The fraction of sp³-hybridized carbons (Fsp3) is 0.250. The number of benzene rings is 3. The molecule has 2 N–H and O–H groups in total. The lowest BCUT2D eigenvalue weighted by Gasteiger charge is -2.32. The van der Waals surface area contributed by atoms with Crippen LogP contribution in [0.5, 0.6) is 5.75 Å². The lowest BCUT2D eigenvalue weighted by molar-refractivity contribution is 0.0402. The molecule has 3 aromatic carbocycles. The van der Waals surface area contributed by atoms with Crippen LogP contribution in [0.25, 0.3) is 11.0 Å². The van der Waals surface area contributed by atoms with Crippen molar-refractivity contribution < 1.29 is 29.3 Å². The van der Waals surface area contributed by atoms with E-state index in [1.165, 1.54) is 0 Å². The SMILES string of the molecule is COc1ccc2nc3n(c2c1)C(CN(Cc1ccc(C(=O)O)cc1)Cc1ccc(C(=O)O)cc1)COC3. The second-order valence-corrected chi connectivity index (χ2v) is 9.10. The van der Waals surface area contributed by atoms with Crippen molar-refractivity contribution >= 4 is 23.0 Å². The van der Waals surface area contributed by atoms with Gasteiger partial charge < -0.3 is 24.3 Å². The Hall–Kier alpha value is -4.21. The van der Waals surface area contributed by atoms with Crippen LogP contribution in [0, 0.1) is 0 Å². The van der Waals surface area contributed by atoms with E-state index in [-0.39, 0.29) is 17.2 Å². The molecular weight excluding hydrogens is 474 g/mol. The number of fused-ring (bicyclic) bond motifs is 3. The highest BCUT2D eigenvalue weighted by Gasteiger charge is 2.26. The van der Waals surface area contributed by atoms with Crippen LogP contribution in [0.3, 0.4) is 0 Å². The van der Waals surface area contributed by atoms with Gasteiger partial charge in [0.2, 0.25) is 0 Å². The van der Waals surface area contributed by atoms with Gasteiger partial charge in [0, 0.05) is 25.7 Å². The van der Waals surface area contributed by atoms with Crippen molar-refractivity contribution in [1.82, 2.24) is 14.5 Å². The summed E-state index contributed by atoms with van der Waals surface area (Å²) in [6, 6.07) is 19.5. The average Bonchev–Trinajstić information content (AvgIpc) is 3.28. The minimum absolute atomic E-state index is 0.0163. The lowest BCUT2D eigenvalue weighted by atomic mass is 10.1. The van der Waals surface area contributed by atoms with Gasteiger partial charge in [0.05, 0.1) is 41.9 Å². The second-order valence-electron chi connectivity index (χ2n) is 9.10. The first-order chi connectivity index (χ1) is 17.9. The first-order valence-electron chi connectivity index (χ1n) is 11.9. The zero-order valence-electron chi connectivity index (χ0n) is 20.3. The summed E-state index contributed by atoms with van der Waals surface area (Å²) in [5.74, 6) is -0.308. The lowest BCUT2D eigenvalue weighted by Crippen LogP contribution is -2.35. The molecule has 5 rings (SSSR count). The minimum atomic E-state index is -0.962. The van der Waals surface area contributed by atoms with E-state index in [2.05, 4.69) is 9.47 Å². The van der Waals surface area contributed by atoms with Crippen molar-refractivity contribution in [1.29, 1.82) is 0 Å². The fourth-order valence-electron chi connectivity index (χ4n) is 4.76. The van der Waals surface area contributed by atoms with Gasteiger partial charge in [-0.15, -0.1) is 0 Å². The first kappa shape index (κ1) is 24.5. The standard InChI is InChI=1S/C28H27N3O6/c1-36-23-10-11-24-25(12-23)31-22(16-37-17-26(31)29-24)15-30(13-18-2-6-20(7-3-18)27(32)33)14-19-4-8-21(9-5-19)28(34)35/h2-12,22H,13-17H2,1H3,(H,32,33)(H,34,35). The molecule has 0 saturated carbocycles. The molecule has 0 spiro atoms. The molecule has 1 aromatic heterocycles. The molecule has 1 unspecified atom stereocenters. The van der Waals surface area contributed by atoms with Gasteiger partial charge in [-0.05, 0) is 47.5 Å². The van der Waals surface area contributed by atoms with Crippen LogP contribution in [-0.2, 0) is 24.4 Å². The highest BCUT2D eigenvalue weighted by Crippen LogP contribution is 2.30. The maximum absolute atomic E-state index is 11.3. The molecular formula is C28H27N3O6. The van der Waals surface area contributed by atoms with Crippen molar-refractivity contribution in [2.45, 2.75) is 25.7 Å². The van der Waals surface area contributed by atoms with Crippen molar-refractivity contribution in [3.8, 4) is 5.75 Å². The third-order valence-electron chi connectivity index (χ3n) is 6.56. The molecule has 1 aliphatic heterocycles. The summed E-state index contributed by atoms with van der Waals surface area (Å²) in [7, 11) is 1.64. The number of carboxylic acid groups (broad SMARTS) is 2. The molecule has 0 aliphatic carbocycles. The van der Waals surface area contributed by atoms with Crippen LogP contribution in [-0.4, -0.2) is 56.9 Å². The minimum Gasteiger partial charge on any atom is -0.497 e. The second kappa shape index (κ2) is 10.4. The van der Waals surface area contributed by atoms with E-state index in [1.54, 1.807) is 31.4 Å². The molecule has 0 radical (unpaired) electrons. The molecule has 0 bridgehead atoms. The highest BCUT2D eigenvalue weighted by molar-refractivity contribution is 5.88. The largest absolute Gasteiger partial charge is 0.497 e. The summed E-state index contributed by atoms with van der Waals surface area (Å²) in [6.45, 7) is 2.73. The number of aromatic nitrogens is 2. The molecule has 0 fully saturated rings. The number of imidazole rings is 1. The fourth-order valence-corrected chi connectivity index (χ4v) is 4.76. The van der Waals surface area contributed by atoms with E-state index < -0.39 is 11.9 Å². The Labute approximate surface area is 213 Å². The third-order valence-corrected chi connectivity index (χ3v) is 6.56. The molecule has 190 valence electrons. The van der Waals surface area contributed by atoms with Gasteiger partial charge in [-0.1, -0.05) is 24.3 Å². The maximum atomic E-state index is 11.3. The molecule has 9 nitrogen and oxygen atoms in total. The predicted molar refractivity (Wildman–Crippen MR) is 136 cm³/mol. The Bertz CT molecular complexity index is 1370. The van der Waals surface area contributed by atoms with Crippen LogP contribution in [0.1, 0.15) is 43.7 Å². The van der Waals surface area contributed by atoms with E-state index in [0.717, 1.165) is 33.7 Å². The van der Waals surface area contributed by atoms with Gasteiger partial charge >= 0.3 is 11.9 Å². The molecule has 0 saturated heterocycles. The van der Waals surface area contributed by atoms with Crippen molar-refractivity contribution in [2.24, 2.45) is 0 Å². The monoisotopic (exact) mass is 501 g/mol. The highest BCUT2D eigenvalue weighted by atomic mass is 16.5. The van der Waals surface area contributed by atoms with E-state index in [4.69, 9.17) is 14.5 Å². The Morgan fingerprint density at radius 3 is 2.11 bits per heavy atom. The quantitative estimate of drug-likeness (QED) is 0.351. The topological polar surface area (TPSA) is 114 Å². The number of carboxylic acids is 2. The van der Waals surface area contributed by atoms with E-state index in [1.807, 2.05) is 42.5 Å². The number of ether oxygens (including phenoxy) is 2. The van der Waals surface area contributed by atoms with Gasteiger partial charge in [0.1, 0.15) is 18.2 Å². The number of nitrogens with zero attached hydrogens (tertiary/aromatic N) is 3. The number of aromatic carboxylic acids is 2. The molecule has 1 atom stereocenters. The van der Waals surface area contributed by atoms with Gasteiger partial charge in [0.25, 0.3) is 0 Å². The van der Waals surface area contributed by atoms with Crippen LogP contribution in [0.2, 0.25) is 0 Å². The summed E-state index contributed by atoms with van der Waals surface area (Å²) in [4.78, 5) is 29.6. The van der Waals surface area contributed by atoms with Gasteiger partial charge in [-0.2, -0.15) is 0 Å². The van der Waals surface area contributed by atoms with Crippen molar-refractivity contribution in [2.75, 3.05) is 20.3 Å². The average molecular weight is 502 g/mol. The molecule has 2 heterocycles. The molecule has 4 aromatic rings. The summed E-state index contributed by atoms with van der Waals surface area (Å²) in [6.07, 6.45) is 0. The molecule has 1 aliphatic rings. The molecule has 0 amide bonds. The Morgan fingerprint density at radius 1 is 0.973 bits per heavy atom. The first-order valence-corrected chi connectivity index (χ1v) is 11.9. The zero-order valence-corrected chi connectivity index (χ0v) is 20.3. The normalized spacial score (nSPS) is 15.0. The van der Waals surface area contributed by atoms with Crippen LogP contribution < -0.4 is 4.74 Å². The van der Waals surface area contributed by atoms with Crippen LogP contribution >= 0.6 is 0 Å². The smallest absolute Gasteiger partial charge is 0.335 e. The van der Waals surface area contributed by atoms with E-state index in [0.29, 0.717) is 32.8 Å². The Kier molecular flexibility index (Phi) is 6.89. The Morgan fingerprint density at radius 2 is 1.57 bits per heavy atom. The number of hydrogen-bond donors (Lipinski definition) is 2. The van der Waals surface area contributed by atoms with Gasteiger partial charge in [-0.25, -0.2) is 14.6 Å². The predicted octanol–water partition coefficient (Wildman–Crippen LogP) is 4.22. The van der Waals surface area contributed by atoms with Crippen molar-refractivity contribution in [3.63, 3.8) is 0 Å². The van der Waals surface area contributed by atoms with Gasteiger partial charge in [0.15, 0.2) is 0 Å². The number of rotatable bonds is 9. The van der Waals surface area contributed by atoms with Gasteiger partial charge in [-0.3, -0.25) is 4.90 Å². The number of hydrogen-bond acceptors (Lipinski definition) is 6. The summed E-state index contributed by atoms with van der Waals surface area (Å²) < 4.78 is 13.6. The number of methoxy groups -OCH3 is 1. The van der Waals surface area contributed by atoms with Crippen molar-refractivity contribution in [3.05, 3.63) is 94.8 Å². The molecule has 37 heavy (non-hydrogen) atoms. The maximum Gasteiger partial charge on any atom is 0.335 e. The summed E-state index contributed by atoms with van der Waals surface area (Å²) >= 11 is 0. The van der Waals surface area contributed by atoms with Crippen LogP contribution in [0.15, 0.2) is 66.7 Å². The Balaban J connectivity index is 1.45.